The molecule has 0 saturated carbocycles. The molecule has 0 saturated heterocycles. The van der Waals surface area contributed by atoms with Crippen molar-refractivity contribution in [3.63, 3.8) is 0 Å². The maximum absolute atomic E-state index is 12.2. The Hall–Kier alpha value is -1.65. The van der Waals surface area contributed by atoms with E-state index in [2.05, 4.69) is 18.4 Å². The van der Waals surface area contributed by atoms with Gasteiger partial charge in [0.25, 0.3) is 0 Å². The van der Waals surface area contributed by atoms with E-state index in [0.717, 1.165) is 18.4 Å². The zero-order chi connectivity index (χ0) is 14.7. The van der Waals surface area contributed by atoms with Crippen LogP contribution in [-0.4, -0.2) is 12.6 Å². The molecule has 21 heavy (non-hydrogen) atoms. The quantitative estimate of drug-likeness (QED) is 0.634. The summed E-state index contributed by atoms with van der Waals surface area (Å²) in [4.78, 5) is 13.4. The van der Waals surface area contributed by atoms with E-state index in [-0.39, 0.29) is 18.5 Å². The highest BCUT2D eigenvalue weighted by atomic mass is 32.1. The largest absolute Gasteiger partial charge is 0.426 e. The van der Waals surface area contributed by atoms with Crippen LogP contribution < -0.4 is 4.74 Å². The van der Waals surface area contributed by atoms with E-state index in [0.29, 0.717) is 12.4 Å². The van der Waals surface area contributed by atoms with Crippen LogP contribution in [0.1, 0.15) is 35.5 Å². The topological polar surface area (TPSA) is 35.5 Å². The molecule has 0 spiro atoms. The summed E-state index contributed by atoms with van der Waals surface area (Å²) in [6.45, 7) is 2.72. The number of benzene rings is 1. The van der Waals surface area contributed by atoms with Gasteiger partial charge in [-0.3, -0.25) is 4.79 Å². The number of para-hydroxylation sites is 1. The normalized spacial score (nSPS) is 17.3. The smallest absolute Gasteiger partial charge is 0.314 e. The Labute approximate surface area is 128 Å². The van der Waals surface area contributed by atoms with Crippen LogP contribution in [0.3, 0.4) is 0 Å². The lowest BCUT2D eigenvalue weighted by atomic mass is 10.1. The van der Waals surface area contributed by atoms with Gasteiger partial charge in [0.15, 0.2) is 0 Å². The van der Waals surface area contributed by atoms with Crippen molar-refractivity contribution in [1.29, 1.82) is 0 Å². The molecule has 110 valence electrons. The van der Waals surface area contributed by atoms with Crippen LogP contribution in [0.15, 0.2) is 35.7 Å². The minimum absolute atomic E-state index is 0.157. The number of thiophene rings is 1. The molecule has 0 bridgehead atoms. The summed E-state index contributed by atoms with van der Waals surface area (Å²) in [5.41, 5.74) is 2.35. The fourth-order valence-corrected chi connectivity index (χ4v) is 3.59. The maximum Gasteiger partial charge on any atom is 0.314 e. The minimum Gasteiger partial charge on any atom is -0.426 e. The summed E-state index contributed by atoms with van der Waals surface area (Å²) in [5, 5.41) is 2.06. The maximum atomic E-state index is 12.2. The molecule has 3 nitrogen and oxygen atoms in total. The second-order valence-corrected chi connectivity index (χ2v) is 6.01. The third-order valence-electron chi connectivity index (χ3n) is 3.69. The Bertz CT molecular complexity index is 632. The van der Waals surface area contributed by atoms with E-state index in [9.17, 15) is 4.79 Å². The Kier molecular flexibility index (Phi) is 4.36. The first-order chi connectivity index (χ1) is 10.3. The average molecular weight is 302 g/mol. The van der Waals surface area contributed by atoms with E-state index in [1.54, 1.807) is 11.3 Å². The van der Waals surface area contributed by atoms with Crippen LogP contribution >= 0.6 is 11.3 Å². The molecule has 1 aromatic carbocycles. The van der Waals surface area contributed by atoms with Crippen molar-refractivity contribution in [1.82, 2.24) is 0 Å². The van der Waals surface area contributed by atoms with Gasteiger partial charge >= 0.3 is 5.97 Å². The monoisotopic (exact) mass is 302 g/mol. The summed E-state index contributed by atoms with van der Waals surface area (Å²) >= 11 is 1.66. The van der Waals surface area contributed by atoms with E-state index in [1.165, 1.54) is 10.4 Å². The van der Waals surface area contributed by atoms with Gasteiger partial charge in [0.05, 0.1) is 13.0 Å². The van der Waals surface area contributed by atoms with E-state index < -0.39 is 0 Å². The van der Waals surface area contributed by atoms with Gasteiger partial charge in [-0.1, -0.05) is 25.1 Å². The van der Waals surface area contributed by atoms with Crippen molar-refractivity contribution in [2.45, 2.75) is 32.3 Å². The lowest BCUT2D eigenvalue weighted by Gasteiger charge is -2.22. The second kappa shape index (κ2) is 6.41. The Balaban J connectivity index is 1.68. The number of carbonyl (C=O) groups excluding carboxylic acids is 1. The van der Waals surface area contributed by atoms with Crippen molar-refractivity contribution < 1.29 is 14.3 Å². The highest BCUT2D eigenvalue weighted by Crippen LogP contribution is 2.34. The lowest BCUT2D eigenvalue weighted by molar-refractivity contribution is -0.137. The van der Waals surface area contributed by atoms with E-state index in [4.69, 9.17) is 9.47 Å². The molecule has 1 atom stereocenters. The fourth-order valence-electron chi connectivity index (χ4n) is 2.59. The zero-order valence-corrected chi connectivity index (χ0v) is 12.8. The number of fused-ring (bicyclic) bond motifs is 1. The molecule has 0 fully saturated rings. The SMILES string of the molecule is CCc1ccccc1OC(=O)C[C@H]1OCCc2ccsc21. The van der Waals surface area contributed by atoms with Gasteiger partial charge in [0.2, 0.25) is 0 Å². The molecule has 0 aliphatic carbocycles. The van der Waals surface area contributed by atoms with Gasteiger partial charge in [0.1, 0.15) is 11.9 Å². The highest BCUT2D eigenvalue weighted by molar-refractivity contribution is 7.10. The molecular weight excluding hydrogens is 284 g/mol. The zero-order valence-electron chi connectivity index (χ0n) is 12.0. The van der Waals surface area contributed by atoms with Crippen molar-refractivity contribution in [2.24, 2.45) is 0 Å². The summed E-state index contributed by atoms with van der Waals surface area (Å²) in [7, 11) is 0. The summed E-state index contributed by atoms with van der Waals surface area (Å²) in [5.74, 6) is 0.425. The molecular formula is C17H18O3S. The van der Waals surface area contributed by atoms with Crippen molar-refractivity contribution in [2.75, 3.05) is 6.61 Å². The number of hydrogen-bond donors (Lipinski definition) is 0. The Morgan fingerprint density at radius 2 is 2.24 bits per heavy atom. The van der Waals surface area contributed by atoms with Gasteiger partial charge in [-0.2, -0.15) is 0 Å². The van der Waals surface area contributed by atoms with Crippen LogP contribution in [0.2, 0.25) is 0 Å². The Morgan fingerprint density at radius 1 is 1.38 bits per heavy atom. The van der Waals surface area contributed by atoms with E-state index >= 15 is 0 Å². The molecule has 0 N–H and O–H groups in total. The van der Waals surface area contributed by atoms with Crippen LogP contribution in [0.4, 0.5) is 0 Å². The fraction of sp³-hybridized carbons (Fsp3) is 0.353. The summed E-state index contributed by atoms with van der Waals surface area (Å²) in [6.07, 6.45) is 1.89. The molecule has 0 unspecified atom stereocenters. The molecule has 2 aromatic rings. The van der Waals surface area contributed by atoms with Crippen molar-refractivity contribution >= 4 is 17.3 Å². The molecule has 2 heterocycles. The summed E-state index contributed by atoms with van der Waals surface area (Å²) < 4.78 is 11.3. The number of aryl methyl sites for hydroxylation is 1. The van der Waals surface area contributed by atoms with Crippen molar-refractivity contribution in [3.05, 3.63) is 51.7 Å². The third-order valence-corrected chi connectivity index (χ3v) is 4.74. The predicted octanol–water partition coefficient (Wildman–Crippen LogP) is 3.92. The van der Waals surface area contributed by atoms with Gasteiger partial charge in [0, 0.05) is 4.88 Å². The molecule has 1 aliphatic heterocycles. The standard InChI is InChI=1S/C17H18O3S/c1-2-12-5-3-4-6-14(12)20-16(18)11-15-17-13(7-9-19-15)8-10-21-17/h3-6,8,10,15H,2,7,9,11H2,1H3/t15-/m1/s1. The van der Waals surface area contributed by atoms with Crippen molar-refractivity contribution in [3.8, 4) is 5.75 Å². The molecule has 1 aromatic heterocycles. The predicted molar refractivity (Wildman–Crippen MR) is 82.8 cm³/mol. The second-order valence-electron chi connectivity index (χ2n) is 5.06. The number of rotatable bonds is 4. The van der Waals surface area contributed by atoms with Gasteiger partial charge in [-0.25, -0.2) is 0 Å². The van der Waals surface area contributed by atoms with Gasteiger partial charge in [-0.05, 0) is 41.5 Å². The molecule has 0 amide bonds. The van der Waals surface area contributed by atoms with Crippen LogP contribution in [0.25, 0.3) is 0 Å². The van der Waals surface area contributed by atoms with Crippen LogP contribution in [-0.2, 0) is 22.4 Å². The number of hydrogen-bond acceptors (Lipinski definition) is 4. The van der Waals surface area contributed by atoms with Crippen LogP contribution in [0.5, 0.6) is 5.75 Å². The summed E-state index contributed by atoms with van der Waals surface area (Å²) in [6, 6.07) is 9.79. The number of esters is 1. The molecule has 3 rings (SSSR count). The Morgan fingerprint density at radius 3 is 3.10 bits per heavy atom. The first-order valence-electron chi connectivity index (χ1n) is 7.24. The minimum atomic E-state index is -0.234. The molecule has 0 radical (unpaired) electrons. The number of carbonyl (C=O) groups is 1. The number of ether oxygens (including phenoxy) is 2. The van der Waals surface area contributed by atoms with Crippen LogP contribution in [0, 0.1) is 0 Å². The molecule has 4 heteroatoms. The first-order valence-corrected chi connectivity index (χ1v) is 8.12. The first kappa shape index (κ1) is 14.3. The van der Waals surface area contributed by atoms with Gasteiger partial charge < -0.3 is 9.47 Å². The average Bonchev–Trinajstić information content (AvgIpc) is 2.97. The van der Waals surface area contributed by atoms with E-state index in [1.807, 2.05) is 24.3 Å². The van der Waals surface area contributed by atoms with Gasteiger partial charge in [-0.15, -0.1) is 11.3 Å². The highest BCUT2D eigenvalue weighted by Gasteiger charge is 2.25. The lowest BCUT2D eigenvalue weighted by Crippen LogP contribution is -2.20. The third kappa shape index (κ3) is 3.17. The molecule has 1 aliphatic rings.